The summed E-state index contributed by atoms with van der Waals surface area (Å²) in [6, 6.07) is 6.99. The summed E-state index contributed by atoms with van der Waals surface area (Å²) in [5, 5.41) is 22.8. The molecule has 0 saturated heterocycles. The third-order valence-corrected chi connectivity index (χ3v) is 5.15. The normalized spacial score (nSPS) is 10.8. The van der Waals surface area contributed by atoms with Gasteiger partial charge in [-0.1, -0.05) is 11.3 Å². The van der Waals surface area contributed by atoms with Gasteiger partial charge in [0.25, 0.3) is 0 Å². The van der Waals surface area contributed by atoms with Crippen molar-refractivity contribution in [1.29, 1.82) is 0 Å². The number of rotatable bonds is 5. The van der Waals surface area contributed by atoms with E-state index in [4.69, 9.17) is 9.84 Å². The van der Waals surface area contributed by atoms with Crippen LogP contribution in [0.2, 0.25) is 0 Å². The largest absolute Gasteiger partial charge is 0.507 e. The minimum Gasteiger partial charge on any atom is -0.507 e. The highest BCUT2D eigenvalue weighted by molar-refractivity contribution is 7.22. The van der Waals surface area contributed by atoms with Crippen LogP contribution in [0.3, 0.4) is 0 Å². The number of aryl methyl sites for hydroxylation is 2. The molecule has 3 N–H and O–H groups in total. The number of thiazole rings is 1. The van der Waals surface area contributed by atoms with Crippen LogP contribution in [0.15, 0.2) is 24.3 Å². The SMILES string of the molecule is Cc1c(O)c(C)c2sc(Nc3ccc(OCC(=O)O)cc3)nc2c1C. The maximum Gasteiger partial charge on any atom is 0.341 e. The number of ether oxygens (including phenoxy) is 1. The Morgan fingerprint density at radius 3 is 2.48 bits per heavy atom. The molecule has 25 heavy (non-hydrogen) atoms. The number of carboxylic acid groups (broad SMARTS) is 1. The van der Waals surface area contributed by atoms with Crippen molar-refractivity contribution in [2.24, 2.45) is 0 Å². The van der Waals surface area contributed by atoms with Gasteiger partial charge in [-0.25, -0.2) is 9.78 Å². The zero-order valence-corrected chi connectivity index (χ0v) is 14.9. The number of phenolic OH excluding ortho intramolecular Hbond substituents is 1. The number of carbonyl (C=O) groups is 1. The minimum atomic E-state index is -1.01. The molecule has 7 heteroatoms. The Hall–Kier alpha value is -2.80. The summed E-state index contributed by atoms with van der Waals surface area (Å²) in [5.41, 5.74) is 4.36. The lowest BCUT2D eigenvalue weighted by Crippen LogP contribution is -2.09. The summed E-state index contributed by atoms with van der Waals surface area (Å²) in [6.45, 7) is 5.36. The van der Waals surface area contributed by atoms with Gasteiger partial charge in [0.15, 0.2) is 11.7 Å². The monoisotopic (exact) mass is 358 g/mol. The third-order valence-electron chi connectivity index (χ3n) is 4.06. The van der Waals surface area contributed by atoms with E-state index in [-0.39, 0.29) is 6.61 Å². The fraction of sp³-hybridized carbons (Fsp3) is 0.222. The molecule has 0 radical (unpaired) electrons. The van der Waals surface area contributed by atoms with Crippen molar-refractivity contribution >= 4 is 38.3 Å². The molecule has 0 spiro atoms. The summed E-state index contributed by atoms with van der Waals surface area (Å²) in [4.78, 5) is 15.1. The molecular formula is C18H18N2O4S. The first-order valence-electron chi connectivity index (χ1n) is 7.67. The number of nitrogens with one attached hydrogen (secondary N) is 1. The Morgan fingerprint density at radius 1 is 1.16 bits per heavy atom. The second kappa shape index (κ2) is 6.60. The van der Waals surface area contributed by atoms with E-state index in [1.54, 1.807) is 24.3 Å². The number of nitrogens with zero attached hydrogens (tertiary/aromatic N) is 1. The van der Waals surface area contributed by atoms with Gasteiger partial charge in [0.1, 0.15) is 11.5 Å². The summed E-state index contributed by atoms with van der Waals surface area (Å²) in [6.07, 6.45) is 0. The lowest BCUT2D eigenvalue weighted by Gasteiger charge is -2.07. The first-order chi connectivity index (χ1) is 11.9. The van der Waals surface area contributed by atoms with E-state index in [0.717, 1.165) is 37.7 Å². The van der Waals surface area contributed by atoms with Crippen LogP contribution in [0.5, 0.6) is 11.5 Å². The van der Waals surface area contributed by atoms with Crippen molar-refractivity contribution in [2.75, 3.05) is 11.9 Å². The van der Waals surface area contributed by atoms with Crippen LogP contribution in [-0.4, -0.2) is 27.8 Å². The van der Waals surface area contributed by atoms with Gasteiger partial charge in [0, 0.05) is 11.3 Å². The Morgan fingerprint density at radius 2 is 1.84 bits per heavy atom. The Bertz CT molecular complexity index is 903. The van der Waals surface area contributed by atoms with E-state index in [1.165, 1.54) is 11.3 Å². The molecule has 0 aliphatic heterocycles. The van der Waals surface area contributed by atoms with Crippen molar-refractivity contribution in [2.45, 2.75) is 20.8 Å². The van der Waals surface area contributed by atoms with Gasteiger partial charge in [-0.3, -0.25) is 0 Å². The molecule has 0 amide bonds. The van der Waals surface area contributed by atoms with Gasteiger partial charge in [0.05, 0.1) is 10.2 Å². The summed E-state index contributed by atoms with van der Waals surface area (Å²) in [7, 11) is 0. The zero-order chi connectivity index (χ0) is 18.1. The number of fused-ring (bicyclic) bond motifs is 1. The first-order valence-corrected chi connectivity index (χ1v) is 8.49. The van der Waals surface area contributed by atoms with Crippen LogP contribution in [0, 0.1) is 20.8 Å². The molecule has 0 fully saturated rings. The lowest BCUT2D eigenvalue weighted by atomic mass is 10.0. The molecule has 0 aliphatic carbocycles. The lowest BCUT2D eigenvalue weighted by molar-refractivity contribution is -0.139. The number of phenols is 1. The van der Waals surface area contributed by atoms with Crippen molar-refractivity contribution in [3.8, 4) is 11.5 Å². The molecule has 3 rings (SSSR count). The molecule has 1 heterocycles. The molecule has 2 aromatic carbocycles. The molecule has 6 nitrogen and oxygen atoms in total. The molecular weight excluding hydrogens is 340 g/mol. The Balaban J connectivity index is 1.85. The molecule has 0 bridgehead atoms. The Kier molecular flexibility index (Phi) is 4.50. The van der Waals surface area contributed by atoms with Gasteiger partial charge in [0.2, 0.25) is 0 Å². The van der Waals surface area contributed by atoms with Crippen molar-refractivity contribution in [1.82, 2.24) is 4.98 Å². The number of benzene rings is 2. The molecule has 1 aromatic heterocycles. The predicted molar refractivity (Wildman–Crippen MR) is 98.4 cm³/mol. The van der Waals surface area contributed by atoms with Crippen LogP contribution in [0.4, 0.5) is 10.8 Å². The summed E-state index contributed by atoms with van der Waals surface area (Å²) < 4.78 is 6.07. The Labute approximate surface area is 148 Å². The second-order valence-electron chi connectivity index (χ2n) is 5.75. The van der Waals surface area contributed by atoms with Gasteiger partial charge in [-0.2, -0.15) is 0 Å². The number of carboxylic acids is 1. The summed E-state index contributed by atoms with van der Waals surface area (Å²) >= 11 is 1.48. The van der Waals surface area contributed by atoms with E-state index in [1.807, 2.05) is 20.8 Å². The van der Waals surface area contributed by atoms with Crippen LogP contribution in [0.25, 0.3) is 10.2 Å². The average molecular weight is 358 g/mol. The minimum absolute atomic E-state index is 0.320. The number of aromatic nitrogens is 1. The van der Waals surface area contributed by atoms with Crippen LogP contribution >= 0.6 is 11.3 Å². The van der Waals surface area contributed by atoms with E-state index >= 15 is 0 Å². The van der Waals surface area contributed by atoms with Gasteiger partial charge in [-0.05, 0) is 56.2 Å². The van der Waals surface area contributed by atoms with Crippen LogP contribution < -0.4 is 10.1 Å². The smallest absolute Gasteiger partial charge is 0.341 e. The van der Waals surface area contributed by atoms with Crippen LogP contribution in [-0.2, 0) is 4.79 Å². The fourth-order valence-electron chi connectivity index (χ4n) is 2.53. The third kappa shape index (κ3) is 3.36. The maximum absolute atomic E-state index is 10.5. The van der Waals surface area contributed by atoms with Crippen molar-refractivity contribution in [3.05, 3.63) is 41.0 Å². The average Bonchev–Trinajstić information content (AvgIpc) is 3.01. The molecule has 0 saturated carbocycles. The molecule has 0 unspecified atom stereocenters. The highest BCUT2D eigenvalue weighted by Crippen LogP contribution is 2.39. The van der Waals surface area contributed by atoms with Gasteiger partial charge in [-0.15, -0.1) is 0 Å². The van der Waals surface area contributed by atoms with E-state index in [9.17, 15) is 9.90 Å². The molecule has 0 atom stereocenters. The molecule has 0 aliphatic rings. The van der Waals surface area contributed by atoms with Gasteiger partial charge >= 0.3 is 5.97 Å². The standard InChI is InChI=1S/C18H18N2O4S/c1-9-10(2)16(23)11(3)17-15(9)20-18(25-17)19-12-4-6-13(7-5-12)24-8-14(21)22/h4-7,23H,8H2,1-3H3,(H,19,20)(H,21,22). The fourth-order valence-corrected chi connectivity index (χ4v) is 3.57. The summed E-state index contributed by atoms with van der Waals surface area (Å²) in [5.74, 6) is -0.203. The maximum atomic E-state index is 10.5. The van der Waals surface area contributed by atoms with Gasteiger partial charge < -0.3 is 20.3 Å². The highest BCUT2D eigenvalue weighted by Gasteiger charge is 2.15. The first kappa shape index (κ1) is 17.0. The molecule has 3 aromatic rings. The second-order valence-corrected chi connectivity index (χ2v) is 6.75. The zero-order valence-electron chi connectivity index (χ0n) is 14.1. The van der Waals surface area contributed by atoms with Crippen molar-refractivity contribution in [3.63, 3.8) is 0 Å². The number of anilines is 2. The van der Waals surface area contributed by atoms with E-state index < -0.39 is 5.97 Å². The quantitative estimate of drug-likeness (QED) is 0.635. The number of aromatic hydroxyl groups is 1. The van der Waals surface area contributed by atoms with Crippen molar-refractivity contribution < 1.29 is 19.7 Å². The number of hydrogen-bond donors (Lipinski definition) is 3. The predicted octanol–water partition coefficient (Wildman–Crippen LogP) is 4.13. The molecule has 130 valence electrons. The highest BCUT2D eigenvalue weighted by atomic mass is 32.1. The van der Waals surface area contributed by atoms with E-state index in [0.29, 0.717) is 11.5 Å². The number of hydrogen-bond acceptors (Lipinski definition) is 6. The number of aliphatic carboxylic acids is 1. The van der Waals surface area contributed by atoms with Crippen LogP contribution in [0.1, 0.15) is 16.7 Å². The van der Waals surface area contributed by atoms with E-state index in [2.05, 4.69) is 10.3 Å². The topological polar surface area (TPSA) is 91.7 Å².